The number of methoxy groups -OCH3 is 1. The highest BCUT2D eigenvalue weighted by molar-refractivity contribution is 5.79. The van der Waals surface area contributed by atoms with Gasteiger partial charge in [-0.05, 0) is 43.2 Å². The van der Waals surface area contributed by atoms with Crippen LogP contribution in [0.3, 0.4) is 0 Å². The SMILES string of the molecule is CCNC(=NCc1ccc(OC)c(OC(F)F)c1)NCCCOCc1ccco1. The summed E-state index contributed by atoms with van der Waals surface area (Å²) in [4.78, 5) is 4.47. The molecule has 0 fully saturated rings. The molecule has 0 aliphatic heterocycles. The summed E-state index contributed by atoms with van der Waals surface area (Å²) in [5.41, 5.74) is 0.723. The topological polar surface area (TPSA) is 77.3 Å². The normalized spacial score (nSPS) is 11.6. The second-order valence-corrected chi connectivity index (χ2v) is 5.97. The van der Waals surface area contributed by atoms with Gasteiger partial charge in [0.25, 0.3) is 0 Å². The minimum Gasteiger partial charge on any atom is -0.493 e. The maximum atomic E-state index is 12.5. The largest absolute Gasteiger partial charge is 0.493 e. The van der Waals surface area contributed by atoms with Crippen LogP contribution in [0.1, 0.15) is 24.7 Å². The van der Waals surface area contributed by atoms with Gasteiger partial charge >= 0.3 is 6.61 Å². The first-order chi connectivity index (χ1) is 14.1. The highest BCUT2D eigenvalue weighted by Crippen LogP contribution is 2.29. The first-order valence-corrected chi connectivity index (χ1v) is 9.36. The molecular formula is C20H27F2N3O4. The number of nitrogens with one attached hydrogen (secondary N) is 2. The smallest absolute Gasteiger partial charge is 0.387 e. The van der Waals surface area contributed by atoms with Crippen molar-refractivity contribution in [1.29, 1.82) is 0 Å². The lowest BCUT2D eigenvalue weighted by Gasteiger charge is -2.13. The monoisotopic (exact) mass is 411 g/mol. The zero-order valence-electron chi connectivity index (χ0n) is 16.6. The lowest BCUT2D eigenvalue weighted by atomic mass is 10.2. The van der Waals surface area contributed by atoms with Crippen molar-refractivity contribution in [2.75, 3.05) is 26.8 Å². The van der Waals surface area contributed by atoms with Gasteiger partial charge in [-0.2, -0.15) is 8.78 Å². The molecule has 0 saturated carbocycles. The third-order valence-corrected chi connectivity index (χ3v) is 3.79. The molecule has 0 amide bonds. The molecule has 0 bridgehead atoms. The van der Waals surface area contributed by atoms with Crippen LogP contribution in [-0.2, 0) is 17.9 Å². The number of ether oxygens (including phenoxy) is 3. The molecule has 2 rings (SSSR count). The predicted molar refractivity (Wildman–Crippen MR) is 105 cm³/mol. The molecule has 2 aromatic rings. The summed E-state index contributed by atoms with van der Waals surface area (Å²) >= 11 is 0. The Labute approximate surface area is 169 Å². The third kappa shape index (κ3) is 8.39. The van der Waals surface area contributed by atoms with Gasteiger partial charge in [-0.15, -0.1) is 0 Å². The van der Waals surface area contributed by atoms with Gasteiger partial charge in [0.1, 0.15) is 12.4 Å². The van der Waals surface area contributed by atoms with Crippen molar-refractivity contribution >= 4 is 5.96 Å². The Balaban J connectivity index is 1.81. The van der Waals surface area contributed by atoms with Crippen molar-refractivity contribution in [3.63, 3.8) is 0 Å². The highest BCUT2D eigenvalue weighted by Gasteiger charge is 2.11. The van der Waals surface area contributed by atoms with Crippen LogP contribution in [0.5, 0.6) is 11.5 Å². The van der Waals surface area contributed by atoms with E-state index >= 15 is 0 Å². The van der Waals surface area contributed by atoms with Crippen molar-refractivity contribution in [2.24, 2.45) is 4.99 Å². The zero-order chi connectivity index (χ0) is 20.9. The van der Waals surface area contributed by atoms with E-state index < -0.39 is 6.61 Å². The number of aliphatic imine (C=N–C) groups is 1. The highest BCUT2D eigenvalue weighted by atomic mass is 19.3. The Morgan fingerprint density at radius 1 is 1.21 bits per heavy atom. The molecule has 1 heterocycles. The Morgan fingerprint density at radius 2 is 2.07 bits per heavy atom. The van der Waals surface area contributed by atoms with Gasteiger partial charge in [-0.1, -0.05) is 6.07 Å². The lowest BCUT2D eigenvalue weighted by Crippen LogP contribution is -2.38. The van der Waals surface area contributed by atoms with E-state index in [0.29, 0.717) is 38.8 Å². The molecular weight excluding hydrogens is 384 g/mol. The average Bonchev–Trinajstić information content (AvgIpc) is 3.22. The second-order valence-electron chi connectivity index (χ2n) is 5.97. The maximum Gasteiger partial charge on any atom is 0.387 e. The van der Waals surface area contributed by atoms with E-state index in [1.54, 1.807) is 18.4 Å². The number of benzene rings is 1. The van der Waals surface area contributed by atoms with Gasteiger partial charge in [-0.3, -0.25) is 0 Å². The second kappa shape index (κ2) is 12.6. The number of nitrogens with zero attached hydrogens (tertiary/aromatic N) is 1. The van der Waals surface area contributed by atoms with E-state index in [0.717, 1.165) is 17.7 Å². The van der Waals surface area contributed by atoms with Gasteiger partial charge in [0, 0.05) is 19.7 Å². The molecule has 0 unspecified atom stereocenters. The first kappa shape index (κ1) is 22.5. The fraction of sp³-hybridized carbons (Fsp3) is 0.450. The van der Waals surface area contributed by atoms with Crippen LogP contribution < -0.4 is 20.1 Å². The van der Waals surface area contributed by atoms with E-state index in [2.05, 4.69) is 20.4 Å². The molecule has 1 aromatic heterocycles. The van der Waals surface area contributed by atoms with Crippen LogP contribution in [0.15, 0.2) is 46.0 Å². The number of alkyl halides is 2. The number of guanidine groups is 1. The summed E-state index contributed by atoms with van der Waals surface area (Å²) in [5.74, 6) is 1.66. The molecule has 29 heavy (non-hydrogen) atoms. The molecule has 0 aliphatic carbocycles. The van der Waals surface area contributed by atoms with E-state index in [-0.39, 0.29) is 11.5 Å². The molecule has 0 spiro atoms. The van der Waals surface area contributed by atoms with Crippen molar-refractivity contribution in [1.82, 2.24) is 10.6 Å². The molecule has 0 aliphatic rings. The minimum atomic E-state index is -2.92. The Morgan fingerprint density at radius 3 is 2.76 bits per heavy atom. The quantitative estimate of drug-likeness (QED) is 0.316. The fourth-order valence-electron chi connectivity index (χ4n) is 2.47. The van der Waals surface area contributed by atoms with Gasteiger partial charge in [0.05, 0.1) is 19.9 Å². The molecule has 9 heteroatoms. The van der Waals surface area contributed by atoms with Crippen molar-refractivity contribution < 1.29 is 27.4 Å². The van der Waals surface area contributed by atoms with Crippen LogP contribution in [0.25, 0.3) is 0 Å². The summed E-state index contributed by atoms with van der Waals surface area (Å²) in [7, 11) is 1.40. The molecule has 7 nitrogen and oxygen atoms in total. The van der Waals surface area contributed by atoms with E-state index in [4.69, 9.17) is 13.9 Å². The zero-order valence-corrected chi connectivity index (χ0v) is 16.6. The summed E-state index contributed by atoms with van der Waals surface area (Å²) < 4.78 is 45.4. The van der Waals surface area contributed by atoms with Gasteiger partial charge in [0.15, 0.2) is 17.5 Å². The Bertz CT molecular complexity index is 739. The van der Waals surface area contributed by atoms with Crippen molar-refractivity contribution in [3.05, 3.63) is 47.9 Å². The average molecular weight is 411 g/mol. The summed E-state index contributed by atoms with van der Waals surface area (Å²) in [6, 6.07) is 8.53. The van der Waals surface area contributed by atoms with E-state index in [1.807, 2.05) is 19.1 Å². The summed E-state index contributed by atoms with van der Waals surface area (Å²) in [6.45, 7) is 1.74. The van der Waals surface area contributed by atoms with Gasteiger partial charge in [0.2, 0.25) is 0 Å². The molecule has 2 N–H and O–H groups in total. The van der Waals surface area contributed by atoms with Crippen LogP contribution in [-0.4, -0.2) is 39.4 Å². The third-order valence-electron chi connectivity index (χ3n) is 3.79. The van der Waals surface area contributed by atoms with Crippen LogP contribution in [0.2, 0.25) is 0 Å². The number of rotatable bonds is 12. The number of furan rings is 1. The Kier molecular flexibility index (Phi) is 9.77. The standard InChI is InChI=1S/C20H27F2N3O4/c1-3-23-20(24-9-5-10-27-14-16-6-4-11-28-16)25-13-15-7-8-17(26-2)18(12-15)29-19(21)22/h4,6-8,11-12,19H,3,5,9-10,13-14H2,1-2H3,(H2,23,24,25). The molecule has 1 aromatic carbocycles. The number of hydrogen-bond donors (Lipinski definition) is 2. The summed E-state index contributed by atoms with van der Waals surface area (Å²) in [6.07, 6.45) is 2.41. The molecule has 0 radical (unpaired) electrons. The molecule has 160 valence electrons. The van der Waals surface area contributed by atoms with Crippen LogP contribution in [0.4, 0.5) is 8.78 Å². The van der Waals surface area contributed by atoms with Crippen molar-refractivity contribution in [3.8, 4) is 11.5 Å². The Hall–Kier alpha value is -2.81. The minimum absolute atomic E-state index is 0.0122. The van der Waals surface area contributed by atoms with Crippen LogP contribution in [0, 0.1) is 0 Å². The van der Waals surface area contributed by atoms with Crippen LogP contribution >= 0.6 is 0 Å². The predicted octanol–water partition coefficient (Wildman–Crippen LogP) is 3.55. The van der Waals surface area contributed by atoms with Gasteiger partial charge < -0.3 is 29.3 Å². The van der Waals surface area contributed by atoms with Crippen molar-refractivity contribution in [2.45, 2.75) is 33.1 Å². The van der Waals surface area contributed by atoms with E-state index in [9.17, 15) is 8.78 Å². The first-order valence-electron chi connectivity index (χ1n) is 9.36. The molecule has 0 atom stereocenters. The number of halogens is 2. The summed E-state index contributed by atoms with van der Waals surface area (Å²) in [5, 5.41) is 6.36. The maximum absolute atomic E-state index is 12.5. The lowest BCUT2D eigenvalue weighted by molar-refractivity contribution is -0.0512. The van der Waals surface area contributed by atoms with Gasteiger partial charge in [-0.25, -0.2) is 4.99 Å². The molecule has 0 saturated heterocycles. The number of hydrogen-bond acceptors (Lipinski definition) is 5. The fourth-order valence-corrected chi connectivity index (χ4v) is 2.47. The van der Waals surface area contributed by atoms with E-state index in [1.165, 1.54) is 13.2 Å².